The van der Waals surface area contributed by atoms with Gasteiger partial charge in [-0.05, 0) is 35.0 Å². The lowest BCUT2D eigenvalue weighted by atomic mass is 10.2. The van der Waals surface area contributed by atoms with Crippen molar-refractivity contribution in [3.8, 4) is 17.1 Å². The van der Waals surface area contributed by atoms with E-state index in [1.165, 1.54) is 5.56 Å². The zero-order valence-electron chi connectivity index (χ0n) is 9.99. The molecule has 0 aliphatic rings. The van der Waals surface area contributed by atoms with E-state index in [1.54, 1.807) is 4.68 Å². The first-order valence-electron chi connectivity index (χ1n) is 5.75. The van der Waals surface area contributed by atoms with Crippen LogP contribution in [0.2, 0.25) is 0 Å². The lowest BCUT2D eigenvalue weighted by Gasteiger charge is -2.05. The van der Waals surface area contributed by atoms with Gasteiger partial charge in [0.1, 0.15) is 0 Å². The summed E-state index contributed by atoms with van der Waals surface area (Å²) >= 11 is 0. The van der Waals surface area contributed by atoms with Crippen molar-refractivity contribution in [1.82, 2.24) is 20.2 Å². The van der Waals surface area contributed by atoms with Crippen LogP contribution in [-0.2, 0) is 0 Å². The lowest BCUT2D eigenvalue weighted by molar-refractivity contribution is 0.790. The van der Waals surface area contributed by atoms with Gasteiger partial charge in [0.2, 0.25) is 0 Å². The van der Waals surface area contributed by atoms with Gasteiger partial charge in [-0.2, -0.15) is 4.68 Å². The standard InChI is InChI=1S/C14H12N4/c1-11-6-5-9-13(10-11)18-14(15-16-17-18)12-7-3-2-4-8-12/h2-10H,1H3. The molecule has 0 aliphatic heterocycles. The average Bonchev–Trinajstić information content (AvgIpc) is 2.89. The Morgan fingerprint density at radius 2 is 1.78 bits per heavy atom. The maximum Gasteiger partial charge on any atom is 0.187 e. The third kappa shape index (κ3) is 1.88. The molecule has 1 aromatic heterocycles. The molecule has 0 amide bonds. The number of aryl methyl sites for hydroxylation is 1. The predicted octanol–water partition coefficient (Wildman–Crippen LogP) is 2.64. The van der Waals surface area contributed by atoms with Crippen molar-refractivity contribution >= 4 is 0 Å². The van der Waals surface area contributed by atoms with Crippen LogP contribution in [0.4, 0.5) is 0 Å². The quantitative estimate of drug-likeness (QED) is 0.687. The lowest BCUT2D eigenvalue weighted by Crippen LogP contribution is -1.99. The highest BCUT2D eigenvalue weighted by molar-refractivity contribution is 5.57. The summed E-state index contributed by atoms with van der Waals surface area (Å²) < 4.78 is 1.75. The summed E-state index contributed by atoms with van der Waals surface area (Å²) in [5, 5.41) is 11.9. The van der Waals surface area contributed by atoms with Crippen molar-refractivity contribution in [2.75, 3.05) is 0 Å². The smallest absolute Gasteiger partial charge is 0.187 e. The maximum absolute atomic E-state index is 4.09. The molecule has 0 N–H and O–H groups in total. The van der Waals surface area contributed by atoms with E-state index in [0.717, 1.165) is 17.1 Å². The third-order valence-corrected chi connectivity index (χ3v) is 2.75. The van der Waals surface area contributed by atoms with Crippen molar-refractivity contribution in [2.45, 2.75) is 6.92 Å². The van der Waals surface area contributed by atoms with Gasteiger partial charge in [-0.1, -0.05) is 42.5 Å². The van der Waals surface area contributed by atoms with Crippen LogP contribution in [0.1, 0.15) is 5.56 Å². The molecular weight excluding hydrogens is 224 g/mol. The molecule has 88 valence electrons. The molecule has 1 heterocycles. The van der Waals surface area contributed by atoms with Crippen molar-refractivity contribution in [1.29, 1.82) is 0 Å². The minimum absolute atomic E-state index is 0.751. The topological polar surface area (TPSA) is 43.6 Å². The summed E-state index contributed by atoms with van der Waals surface area (Å²) in [6.45, 7) is 2.05. The molecule has 4 heteroatoms. The molecule has 4 nitrogen and oxygen atoms in total. The van der Waals surface area contributed by atoms with Crippen LogP contribution in [0, 0.1) is 6.92 Å². The van der Waals surface area contributed by atoms with Gasteiger partial charge in [0.15, 0.2) is 5.82 Å². The molecule has 0 saturated heterocycles. The fourth-order valence-corrected chi connectivity index (χ4v) is 1.89. The number of tetrazole rings is 1. The summed E-state index contributed by atoms with van der Waals surface area (Å²) in [5.74, 6) is 0.751. The minimum atomic E-state index is 0.751. The number of hydrogen-bond acceptors (Lipinski definition) is 3. The van der Waals surface area contributed by atoms with E-state index < -0.39 is 0 Å². The molecule has 0 radical (unpaired) electrons. The van der Waals surface area contributed by atoms with Crippen LogP contribution < -0.4 is 0 Å². The highest BCUT2D eigenvalue weighted by Crippen LogP contribution is 2.19. The van der Waals surface area contributed by atoms with Crippen molar-refractivity contribution in [3.05, 3.63) is 60.2 Å². The Balaban J connectivity index is 2.13. The molecule has 2 aromatic carbocycles. The van der Waals surface area contributed by atoms with Crippen molar-refractivity contribution in [2.24, 2.45) is 0 Å². The Hall–Kier alpha value is -2.49. The highest BCUT2D eigenvalue weighted by atomic mass is 15.5. The highest BCUT2D eigenvalue weighted by Gasteiger charge is 2.09. The summed E-state index contributed by atoms with van der Waals surface area (Å²) in [7, 11) is 0. The van der Waals surface area contributed by atoms with Gasteiger partial charge in [-0.15, -0.1) is 5.10 Å². The second-order valence-corrected chi connectivity index (χ2v) is 4.12. The first-order valence-corrected chi connectivity index (χ1v) is 5.75. The number of aromatic nitrogens is 4. The van der Waals surface area contributed by atoms with Crippen LogP contribution in [0.3, 0.4) is 0 Å². The van der Waals surface area contributed by atoms with Gasteiger partial charge in [-0.25, -0.2) is 0 Å². The van der Waals surface area contributed by atoms with E-state index in [2.05, 4.69) is 34.6 Å². The molecule has 3 rings (SSSR count). The van der Waals surface area contributed by atoms with Crippen LogP contribution in [0.5, 0.6) is 0 Å². The van der Waals surface area contributed by atoms with E-state index in [-0.39, 0.29) is 0 Å². The number of hydrogen-bond donors (Lipinski definition) is 0. The number of rotatable bonds is 2. The molecule has 0 unspecified atom stereocenters. The summed E-state index contributed by atoms with van der Waals surface area (Å²) in [6, 6.07) is 18.0. The van der Waals surface area contributed by atoms with E-state index in [1.807, 2.05) is 42.5 Å². The van der Waals surface area contributed by atoms with E-state index in [4.69, 9.17) is 0 Å². The van der Waals surface area contributed by atoms with Crippen LogP contribution in [0.25, 0.3) is 17.1 Å². The second kappa shape index (κ2) is 4.41. The van der Waals surface area contributed by atoms with Gasteiger partial charge >= 0.3 is 0 Å². The largest absolute Gasteiger partial charge is 0.193 e. The molecule has 0 fully saturated rings. The number of benzene rings is 2. The van der Waals surface area contributed by atoms with E-state index in [0.29, 0.717) is 0 Å². The minimum Gasteiger partial charge on any atom is -0.193 e. The SMILES string of the molecule is Cc1cccc(-n2nnnc2-c2ccccc2)c1. The van der Waals surface area contributed by atoms with Gasteiger partial charge in [0.05, 0.1) is 5.69 Å². The third-order valence-electron chi connectivity index (χ3n) is 2.75. The first kappa shape index (κ1) is 10.7. The van der Waals surface area contributed by atoms with Gasteiger partial charge in [-0.3, -0.25) is 0 Å². The molecular formula is C14H12N4. The van der Waals surface area contributed by atoms with Crippen molar-refractivity contribution < 1.29 is 0 Å². The normalized spacial score (nSPS) is 10.5. The summed E-state index contributed by atoms with van der Waals surface area (Å²) in [5.41, 5.74) is 3.16. The molecule has 0 bridgehead atoms. The second-order valence-electron chi connectivity index (χ2n) is 4.12. The molecule has 18 heavy (non-hydrogen) atoms. The maximum atomic E-state index is 4.09. The van der Waals surface area contributed by atoms with Crippen LogP contribution in [-0.4, -0.2) is 20.2 Å². The van der Waals surface area contributed by atoms with Crippen LogP contribution >= 0.6 is 0 Å². The molecule has 0 saturated carbocycles. The Kier molecular flexibility index (Phi) is 2.61. The monoisotopic (exact) mass is 236 g/mol. The fraction of sp³-hybridized carbons (Fsp3) is 0.0714. The Bertz CT molecular complexity index is 658. The zero-order chi connectivity index (χ0) is 12.4. The van der Waals surface area contributed by atoms with Crippen molar-refractivity contribution in [3.63, 3.8) is 0 Å². The van der Waals surface area contributed by atoms with E-state index in [9.17, 15) is 0 Å². The summed E-state index contributed by atoms with van der Waals surface area (Å²) in [6.07, 6.45) is 0. The number of nitrogens with zero attached hydrogens (tertiary/aromatic N) is 4. The predicted molar refractivity (Wildman–Crippen MR) is 69.3 cm³/mol. The molecule has 0 atom stereocenters. The Labute approximate surface area is 105 Å². The van der Waals surface area contributed by atoms with Gasteiger partial charge in [0, 0.05) is 5.56 Å². The Morgan fingerprint density at radius 3 is 2.56 bits per heavy atom. The van der Waals surface area contributed by atoms with Gasteiger partial charge in [0.25, 0.3) is 0 Å². The van der Waals surface area contributed by atoms with Crippen LogP contribution in [0.15, 0.2) is 54.6 Å². The molecule has 0 spiro atoms. The first-order chi connectivity index (χ1) is 8.84. The van der Waals surface area contributed by atoms with E-state index >= 15 is 0 Å². The fourth-order valence-electron chi connectivity index (χ4n) is 1.89. The summed E-state index contributed by atoms with van der Waals surface area (Å²) in [4.78, 5) is 0. The zero-order valence-corrected chi connectivity index (χ0v) is 9.99. The molecule has 3 aromatic rings. The molecule has 0 aliphatic carbocycles. The average molecular weight is 236 g/mol. The van der Waals surface area contributed by atoms with Gasteiger partial charge < -0.3 is 0 Å². The Morgan fingerprint density at radius 1 is 0.944 bits per heavy atom.